The number of phenolic OH excluding ortho intramolecular Hbond substituents is 5. The van der Waals surface area contributed by atoms with Gasteiger partial charge in [-0.2, -0.15) is 5.26 Å². The van der Waals surface area contributed by atoms with Crippen LogP contribution in [0.4, 0.5) is 0 Å². The number of nitriles is 1. The molecule has 0 spiro atoms. The van der Waals surface area contributed by atoms with Crippen LogP contribution in [-0.2, 0) is 0 Å². The number of hydrogen-bond donors (Lipinski definition) is 5. The van der Waals surface area contributed by atoms with Crippen LogP contribution in [0, 0.1) is 11.3 Å². The van der Waals surface area contributed by atoms with E-state index in [1.807, 2.05) is 6.07 Å². The molecule has 0 bridgehead atoms. The number of benzene rings is 3. The molecule has 0 aliphatic heterocycles. The molecule has 0 unspecified atom stereocenters. The summed E-state index contributed by atoms with van der Waals surface area (Å²) in [6.07, 6.45) is 0. The number of nitrogens with zero attached hydrogens (tertiary/aromatic N) is 1. The second kappa shape index (κ2) is 4.08. The fraction of sp³-hybridized carbons (Fsp3) is 0. The minimum absolute atomic E-state index is 0.146. The quantitative estimate of drug-likeness (QED) is 0.318. The molecular formula is C15H9NO5. The van der Waals surface area contributed by atoms with E-state index in [2.05, 4.69) is 0 Å². The van der Waals surface area contributed by atoms with Gasteiger partial charge in [0.05, 0.1) is 11.6 Å². The minimum Gasteiger partial charge on any atom is -0.504 e. The zero-order valence-electron chi connectivity index (χ0n) is 10.5. The summed E-state index contributed by atoms with van der Waals surface area (Å²) in [5.41, 5.74) is 0.146. The van der Waals surface area contributed by atoms with Gasteiger partial charge in [0.15, 0.2) is 23.0 Å². The summed E-state index contributed by atoms with van der Waals surface area (Å²) < 4.78 is 0. The van der Waals surface area contributed by atoms with Crippen molar-refractivity contribution in [2.24, 2.45) is 0 Å². The van der Waals surface area contributed by atoms with E-state index in [1.54, 1.807) is 0 Å². The molecule has 21 heavy (non-hydrogen) atoms. The van der Waals surface area contributed by atoms with Crippen molar-refractivity contribution in [3.05, 3.63) is 29.8 Å². The van der Waals surface area contributed by atoms with Crippen molar-refractivity contribution in [1.82, 2.24) is 0 Å². The average Bonchev–Trinajstić information content (AvgIpc) is 2.46. The Morgan fingerprint density at radius 3 is 1.76 bits per heavy atom. The highest BCUT2D eigenvalue weighted by atomic mass is 16.3. The monoisotopic (exact) mass is 283 g/mol. The van der Waals surface area contributed by atoms with Crippen molar-refractivity contribution in [2.75, 3.05) is 0 Å². The topological polar surface area (TPSA) is 125 Å². The molecule has 0 heterocycles. The molecule has 0 radical (unpaired) electrons. The Balaban J connectivity index is 2.65. The number of fused-ring (bicyclic) bond motifs is 3. The highest BCUT2D eigenvalue weighted by molar-refractivity contribution is 6.13. The molecule has 0 aromatic heterocycles. The first-order valence-electron chi connectivity index (χ1n) is 5.90. The molecule has 3 rings (SSSR count). The van der Waals surface area contributed by atoms with Gasteiger partial charge in [-0.05, 0) is 35.0 Å². The van der Waals surface area contributed by atoms with E-state index in [4.69, 9.17) is 0 Å². The van der Waals surface area contributed by atoms with E-state index >= 15 is 0 Å². The van der Waals surface area contributed by atoms with E-state index in [1.165, 1.54) is 24.3 Å². The minimum atomic E-state index is -0.686. The van der Waals surface area contributed by atoms with Gasteiger partial charge in [-0.3, -0.25) is 0 Å². The predicted molar refractivity (Wildman–Crippen MR) is 74.5 cm³/mol. The molecule has 0 saturated carbocycles. The highest BCUT2D eigenvalue weighted by Gasteiger charge is 2.17. The summed E-state index contributed by atoms with van der Waals surface area (Å²) in [6.45, 7) is 0. The van der Waals surface area contributed by atoms with Crippen molar-refractivity contribution in [3.8, 4) is 34.8 Å². The van der Waals surface area contributed by atoms with Crippen LogP contribution < -0.4 is 0 Å². The second-order valence-electron chi connectivity index (χ2n) is 4.61. The van der Waals surface area contributed by atoms with Gasteiger partial charge in [-0.15, -0.1) is 0 Å². The first-order valence-corrected chi connectivity index (χ1v) is 5.90. The Labute approximate surface area is 118 Å². The van der Waals surface area contributed by atoms with Gasteiger partial charge in [0.2, 0.25) is 5.75 Å². The van der Waals surface area contributed by atoms with Crippen LogP contribution in [0.3, 0.4) is 0 Å². The summed E-state index contributed by atoms with van der Waals surface area (Å²) in [5, 5.41) is 58.7. The molecule has 0 amide bonds. The van der Waals surface area contributed by atoms with Gasteiger partial charge in [-0.1, -0.05) is 0 Å². The molecule has 6 heteroatoms. The summed E-state index contributed by atoms with van der Waals surface area (Å²) in [7, 11) is 0. The van der Waals surface area contributed by atoms with Crippen LogP contribution in [0.15, 0.2) is 24.3 Å². The van der Waals surface area contributed by atoms with E-state index in [-0.39, 0.29) is 16.7 Å². The molecule has 6 nitrogen and oxygen atoms in total. The van der Waals surface area contributed by atoms with E-state index in [0.717, 1.165) is 0 Å². The van der Waals surface area contributed by atoms with Crippen LogP contribution in [-0.4, -0.2) is 25.5 Å². The van der Waals surface area contributed by atoms with Crippen LogP contribution >= 0.6 is 0 Å². The summed E-state index contributed by atoms with van der Waals surface area (Å²) in [6, 6.07) is 6.92. The lowest BCUT2D eigenvalue weighted by Crippen LogP contribution is -1.86. The van der Waals surface area contributed by atoms with E-state index in [9.17, 15) is 30.8 Å². The number of rotatable bonds is 0. The van der Waals surface area contributed by atoms with Crippen LogP contribution in [0.1, 0.15) is 5.56 Å². The number of phenols is 5. The number of hydrogen-bond acceptors (Lipinski definition) is 6. The molecule has 0 aliphatic carbocycles. The highest BCUT2D eigenvalue weighted by Crippen LogP contribution is 2.45. The van der Waals surface area contributed by atoms with Gasteiger partial charge < -0.3 is 25.5 Å². The summed E-state index contributed by atoms with van der Waals surface area (Å²) in [4.78, 5) is 0. The Bertz CT molecular complexity index is 956. The van der Waals surface area contributed by atoms with Crippen LogP contribution in [0.25, 0.3) is 21.5 Å². The summed E-state index contributed by atoms with van der Waals surface area (Å²) >= 11 is 0. The molecule has 0 atom stereocenters. The van der Waals surface area contributed by atoms with E-state index in [0.29, 0.717) is 16.2 Å². The SMILES string of the molecule is N#Cc1cc2c(O)c(O)c(O)cc2c2cc(O)c(O)cc12. The third-order valence-corrected chi connectivity index (χ3v) is 3.40. The third kappa shape index (κ3) is 1.65. The average molecular weight is 283 g/mol. The standard InChI is InChI=1S/C15H9NO5/c16-5-6-1-10-9(4-13(19)15(21)14(10)20)8-3-12(18)11(17)2-7(6)8/h1-4,17-21H. The smallest absolute Gasteiger partial charge is 0.200 e. The van der Waals surface area contributed by atoms with Crippen molar-refractivity contribution in [2.45, 2.75) is 0 Å². The van der Waals surface area contributed by atoms with Crippen molar-refractivity contribution in [1.29, 1.82) is 5.26 Å². The third-order valence-electron chi connectivity index (χ3n) is 3.40. The second-order valence-corrected chi connectivity index (χ2v) is 4.61. The molecule has 0 fully saturated rings. The van der Waals surface area contributed by atoms with Crippen LogP contribution in [0.2, 0.25) is 0 Å². The number of aromatic hydroxyl groups is 5. The zero-order chi connectivity index (χ0) is 15.3. The molecule has 104 valence electrons. The molecule has 3 aromatic rings. The maximum atomic E-state index is 9.91. The maximum Gasteiger partial charge on any atom is 0.200 e. The fourth-order valence-corrected chi connectivity index (χ4v) is 2.37. The summed E-state index contributed by atoms with van der Waals surface area (Å²) in [5.74, 6) is -2.56. The predicted octanol–water partition coefficient (Wildman–Crippen LogP) is 2.39. The lowest BCUT2D eigenvalue weighted by atomic mass is 9.96. The first kappa shape index (κ1) is 12.7. The first-order chi connectivity index (χ1) is 9.93. The van der Waals surface area contributed by atoms with E-state index < -0.39 is 23.0 Å². The molecule has 5 N–H and O–H groups in total. The molecule has 0 saturated heterocycles. The fourth-order valence-electron chi connectivity index (χ4n) is 2.37. The lowest BCUT2D eigenvalue weighted by molar-refractivity contribution is 0.371. The largest absolute Gasteiger partial charge is 0.504 e. The Morgan fingerprint density at radius 1 is 0.619 bits per heavy atom. The Kier molecular flexibility index (Phi) is 2.47. The Morgan fingerprint density at radius 2 is 1.14 bits per heavy atom. The Hall–Kier alpha value is -3.33. The normalized spacial score (nSPS) is 10.8. The van der Waals surface area contributed by atoms with Gasteiger partial charge in [0, 0.05) is 10.8 Å². The van der Waals surface area contributed by atoms with Crippen molar-refractivity contribution < 1.29 is 25.5 Å². The van der Waals surface area contributed by atoms with Crippen LogP contribution in [0.5, 0.6) is 28.7 Å². The van der Waals surface area contributed by atoms with Gasteiger partial charge in [-0.25, -0.2) is 0 Å². The van der Waals surface area contributed by atoms with Gasteiger partial charge in [0.1, 0.15) is 0 Å². The van der Waals surface area contributed by atoms with Gasteiger partial charge >= 0.3 is 0 Å². The lowest BCUT2D eigenvalue weighted by Gasteiger charge is -2.11. The molecule has 0 aliphatic rings. The maximum absolute atomic E-state index is 9.91. The van der Waals surface area contributed by atoms with Gasteiger partial charge in [0.25, 0.3) is 0 Å². The zero-order valence-corrected chi connectivity index (χ0v) is 10.5. The van der Waals surface area contributed by atoms with Crippen molar-refractivity contribution in [3.63, 3.8) is 0 Å². The molecule has 3 aromatic carbocycles. The van der Waals surface area contributed by atoms with Crippen molar-refractivity contribution >= 4 is 21.5 Å². The molecular weight excluding hydrogens is 274 g/mol.